The largest absolute Gasteiger partial charge is 0.508 e. The van der Waals surface area contributed by atoms with Gasteiger partial charge >= 0.3 is 5.97 Å². The lowest BCUT2D eigenvalue weighted by Crippen LogP contribution is -2.14. The molecular formula is C16H14O4. The van der Waals surface area contributed by atoms with Crippen molar-refractivity contribution >= 4 is 22.8 Å². The molecule has 4 heteroatoms. The van der Waals surface area contributed by atoms with Crippen LogP contribution in [-0.2, 0) is 4.79 Å². The lowest BCUT2D eigenvalue weighted by atomic mass is 10.0. The van der Waals surface area contributed by atoms with E-state index in [0.29, 0.717) is 16.9 Å². The monoisotopic (exact) mass is 270 g/mol. The molecule has 1 aliphatic heterocycles. The number of rotatable bonds is 1. The molecule has 2 aromatic carbocycles. The summed E-state index contributed by atoms with van der Waals surface area (Å²) in [6.07, 6.45) is 3.67. The standard InChI is InChI=1S/C16H14O4/c1-9-3-4-10-7-14(19-2)13-8-11(17)5-6-12(13)15(10)20-16(9)18/h3-9,17H,1-2H3. The number of fused-ring (bicyclic) bond motifs is 3. The molecule has 2 aromatic rings. The zero-order chi connectivity index (χ0) is 14.3. The first-order chi connectivity index (χ1) is 9.60. The van der Waals surface area contributed by atoms with Crippen molar-refractivity contribution in [3.8, 4) is 17.2 Å². The molecule has 4 nitrogen and oxygen atoms in total. The van der Waals surface area contributed by atoms with Crippen LogP contribution in [0.15, 0.2) is 30.3 Å². The second-order valence-electron chi connectivity index (χ2n) is 4.80. The van der Waals surface area contributed by atoms with E-state index >= 15 is 0 Å². The van der Waals surface area contributed by atoms with Crippen molar-refractivity contribution in [3.63, 3.8) is 0 Å². The number of phenolic OH excluding ortho intramolecular Hbond substituents is 1. The molecule has 0 fully saturated rings. The van der Waals surface area contributed by atoms with Crippen LogP contribution >= 0.6 is 0 Å². The molecule has 102 valence electrons. The molecule has 1 aliphatic rings. The predicted molar refractivity (Wildman–Crippen MR) is 76.0 cm³/mol. The van der Waals surface area contributed by atoms with E-state index in [9.17, 15) is 9.90 Å². The van der Waals surface area contributed by atoms with Crippen molar-refractivity contribution in [2.45, 2.75) is 6.92 Å². The zero-order valence-electron chi connectivity index (χ0n) is 11.2. The highest BCUT2D eigenvalue weighted by atomic mass is 16.5. The summed E-state index contributed by atoms with van der Waals surface area (Å²) in [6, 6.07) is 6.69. The van der Waals surface area contributed by atoms with Gasteiger partial charge in [-0.05, 0) is 31.2 Å². The molecule has 1 atom stereocenters. The van der Waals surface area contributed by atoms with Gasteiger partial charge < -0.3 is 14.6 Å². The van der Waals surface area contributed by atoms with Gasteiger partial charge in [0.05, 0.1) is 13.0 Å². The van der Waals surface area contributed by atoms with E-state index in [-0.39, 0.29) is 17.6 Å². The second kappa shape index (κ2) is 4.56. The smallest absolute Gasteiger partial charge is 0.317 e. The van der Waals surface area contributed by atoms with Gasteiger partial charge in [-0.25, -0.2) is 0 Å². The molecule has 1 unspecified atom stereocenters. The Bertz CT molecular complexity index is 731. The van der Waals surface area contributed by atoms with E-state index in [4.69, 9.17) is 9.47 Å². The SMILES string of the molecule is COc1cc2c(c3ccc(O)cc13)OC(=O)C(C)C=C2. The first kappa shape index (κ1) is 12.5. The number of hydrogen-bond acceptors (Lipinski definition) is 4. The van der Waals surface area contributed by atoms with Gasteiger partial charge in [0.2, 0.25) is 0 Å². The number of carbonyl (C=O) groups excluding carboxylic acids is 1. The van der Waals surface area contributed by atoms with Gasteiger partial charge in [0, 0.05) is 16.3 Å². The van der Waals surface area contributed by atoms with Gasteiger partial charge in [-0.3, -0.25) is 4.79 Å². The topological polar surface area (TPSA) is 55.8 Å². The third-order valence-corrected chi connectivity index (χ3v) is 3.42. The summed E-state index contributed by atoms with van der Waals surface area (Å²) in [6.45, 7) is 1.79. The molecule has 0 bridgehead atoms. The fourth-order valence-corrected chi connectivity index (χ4v) is 2.30. The van der Waals surface area contributed by atoms with Gasteiger partial charge in [0.15, 0.2) is 0 Å². The predicted octanol–water partition coefficient (Wildman–Crippen LogP) is 3.12. The average molecular weight is 270 g/mol. The number of aromatic hydroxyl groups is 1. The van der Waals surface area contributed by atoms with E-state index in [1.165, 1.54) is 0 Å². The van der Waals surface area contributed by atoms with Crippen LogP contribution in [0.1, 0.15) is 12.5 Å². The molecule has 0 aliphatic carbocycles. The minimum Gasteiger partial charge on any atom is -0.508 e. The lowest BCUT2D eigenvalue weighted by molar-refractivity contribution is -0.136. The van der Waals surface area contributed by atoms with Gasteiger partial charge in [0.1, 0.15) is 17.2 Å². The summed E-state index contributed by atoms with van der Waals surface area (Å²) in [7, 11) is 1.57. The van der Waals surface area contributed by atoms with Crippen LogP contribution in [0.2, 0.25) is 0 Å². The Kier molecular flexibility index (Phi) is 2.86. The Balaban J connectivity index is 2.34. The lowest BCUT2D eigenvalue weighted by Gasteiger charge is -2.13. The number of methoxy groups -OCH3 is 1. The Labute approximate surface area is 116 Å². The molecule has 0 saturated carbocycles. The highest BCUT2D eigenvalue weighted by Crippen LogP contribution is 2.40. The molecular weight excluding hydrogens is 256 g/mol. The maximum absolute atomic E-state index is 11.9. The van der Waals surface area contributed by atoms with E-state index in [1.54, 1.807) is 44.4 Å². The molecule has 1 heterocycles. The van der Waals surface area contributed by atoms with Crippen LogP contribution in [0, 0.1) is 5.92 Å². The molecule has 0 amide bonds. The Morgan fingerprint density at radius 1 is 1.25 bits per heavy atom. The summed E-state index contributed by atoms with van der Waals surface area (Å²) < 4.78 is 10.8. The van der Waals surface area contributed by atoms with Crippen molar-refractivity contribution in [1.29, 1.82) is 0 Å². The summed E-state index contributed by atoms with van der Waals surface area (Å²) in [4.78, 5) is 11.9. The van der Waals surface area contributed by atoms with Crippen LogP contribution in [-0.4, -0.2) is 18.2 Å². The maximum Gasteiger partial charge on any atom is 0.317 e. The number of benzene rings is 2. The normalized spacial score (nSPS) is 17.5. The van der Waals surface area contributed by atoms with Crippen molar-refractivity contribution in [2.24, 2.45) is 5.92 Å². The van der Waals surface area contributed by atoms with Gasteiger partial charge in [0.25, 0.3) is 0 Å². The van der Waals surface area contributed by atoms with Gasteiger partial charge in [-0.2, -0.15) is 0 Å². The minimum atomic E-state index is -0.292. The molecule has 20 heavy (non-hydrogen) atoms. The Morgan fingerprint density at radius 3 is 2.80 bits per heavy atom. The van der Waals surface area contributed by atoms with Crippen molar-refractivity contribution < 1.29 is 19.4 Å². The number of phenols is 1. The van der Waals surface area contributed by atoms with Crippen molar-refractivity contribution in [1.82, 2.24) is 0 Å². The van der Waals surface area contributed by atoms with E-state index < -0.39 is 0 Å². The van der Waals surface area contributed by atoms with Crippen LogP contribution < -0.4 is 9.47 Å². The van der Waals surface area contributed by atoms with Crippen molar-refractivity contribution in [3.05, 3.63) is 35.9 Å². The van der Waals surface area contributed by atoms with Crippen LogP contribution in [0.3, 0.4) is 0 Å². The quantitative estimate of drug-likeness (QED) is 0.639. The number of esters is 1. The highest BCUT2D eigenvalue weighted by Gasteiger charge is 2.21. The Morgan fingerprint density at radius 2 is 2.05 bits per heavy atom. The third kappa shape index (κ3) is 1.90. The van der Waals surface area contributed by atoms with Gasteiger partial charge in [-0.15, -0.1) is 0 Å². The van der Waals surface area contributed by atoms with Crippen LogP contribution in [0.4, 0.5) is 0 Å². The summed E-state index contributed by atoms with van der Waals surface area (Å²) >= 11 is 0. The third-order valence-electron chi connectivity index (χ3n) is 3.42. The number of ether oxygens (including phenoxy) is 2. The maximum atomic E-state index is 11.9. The zero-order valence-corrected chi connectivity index (χ0v) is 11.2. The number of hydrogen-bond donors (Lipinski definition) is 1. The van der Waals surface area contributed by atoms with Gasteiger partial charge in [-0.1, -0.05) is 12.2 Å². The highest BCUT2D eigenvalue weighted by molar-refractivity contribution is 5.99. The summed E-state index contributed by atoms with van der Waals surface area (Å²) in [5.74, 6) is 0.691. The first-order valence-electron chi connectivity index (χ1n) is 6.34. The second-order valence-corrected chi connectivity index (χ2v) is 4.80. The molecule has 3 rings (SSSR count). The van der Waals surface area contributed by atoms with E-state index in [2.05, 4.69) is 0 Å². The molecule has 0 radical (unpaired) electrons. The summed E-state index contributed by atoms with van der Waals surface area (Å²) in [5.41, 5.74) is 0.790. The fraction of sp³-hybridized carbons (Fsp3) is 0.188. The van der Waals surface area contributed by atoms with E-state index in [0.717, 1.165) is 10.9 Å². The molecule has 0 spiro atoms. The van der Waals surface area contributed by atoms with Crippen LogP contribution in [0.25, 0.3) is 16.8 Å². The minimum absolute atomic E-state index is 0.139. The average Bonchev–Trinajstić information content (AvgIpc) is 2.58. The number of carbonyl (C=O) groups is 1. The van der Waals surface area contributed by atoms with Crippen LogP contribution in [0.5, 0.6) is 17.2 Å². The molecule has 1 N–H and O–H groups in total. The van der Waals surface area contributed by atoms with E-state index in [1.807, 2.05) is 6.08 Å². The van der Waals surface area contributed by atoms with Crippen molar-refractivity contribution in [2.75, 3.05) is 7.11 Å². The summed E-state index contributed by atoms with van der Waals surface area (Å²) in [5, 5.41) is 11.1. The molecule has 0 saturated heterocycles. The fourth-order valence-electron chi connectivity index (χ4n) is 2.30. The Hall–Kier alpha value is -2.49. The first-order valence-corrected chi connectivity index (χ1v) is 6.34. The molecule has 0 aromatic heterocycles.